The molecule has 5 rings (SSSR count). The molecule has 0 spiro atoms. The van der Waals surface area contributed by atoms with Gasteiger partial charge in [-0.3, -0.25) is 14.0 Å². The highest BCUT2D eigenvalue weighted by molar-refractivity contribution is 8.00. The van der Waals surface area contributed by atoms with Crippen LogP contribution in [0, 0.1) is 25.2 Å². The van der Waals surface area contributed by atoms with Gasteiger partial charge in [0.1, 0.15) is 0 Å². The van der Waals surface area contributed by atoms with Crippen molar-refractivity contribution in [2.75, 3.05) is 5.32 Å². The van der Waals surface area contributed by atoms with Gasteiger partial charge in [-0.25, -0.2) is 4.57 Å². The Hall–Kier alpha value is -4.42. The summed E-state index contributed by atoms with van der Waals surface area (Å²) in [5.74, 6) is 0.140. The van der Waals surface area contributed by atoms with Crippen LogP contribution in [0.5, 0.6) is 0 Å². The molecule has 1 atom stereocenters. The molecular weight excluding hydrogens is 472 g/mol. The zero-order valence-electron chi connectivity index (χ0n) is 19.9. The molecule has 0 bridgehead atoms. The predicted octanol–water partition coefficient (Wildman–Crippen LogP) is 4.64. The average Bonchev–Trinajstić information content (AvgIpc) is 3.28. The van der Waals surface area contributed by atoms with Crippen molar-refractivity contribution in [1.29, 1.82) is 5.26 Å². The topological polar surface area (TPSA) is 105 Å². The van der Waals surface area contributed by atoms with Crippen LogP contribution in [0.1, 0.15) is 23.6 Å². The molecule has 2 aromatic heterocycles. The first-order valence-electron chi connectivity index (χ1n) is 11.3. The van der Waals surface area contributed by atoms with Crippen molar-refractivity contribution >= 4 is 40.0 Å². The number of aryl methyl sites for hydroxylation is 2. The summed E-state index contributed by atoms with van der Waals surface area (Å²) < 4.78 is 3.40. The fourth-order valence-electron chi connectivity index (χ4n) is 4.15. The largest absolute Gasteiger partial charge is 0.325 e. The standard InChI is InChI=1S/C27H22N6O2S/c1-16-11-12-22(17(2)13-16)32-25(35)21-9-4-5-10-23(21)33-26(32)30-31-27(33)36-18(3)24(34)29-20-8-6-7-19(14-20)15-28/h4-14,18H,1-3H3,(H,29,34). The van der Waals surface area contributed by atoms with E-state index in [1.807, 2.05) is 54.6 Å². The van der Waals surface area contributed by atoms with Crippen molar-refractivity contribution in [2.45, 2.75) is 31.2 Å². The van der Waals surface area contributed by atoms with Crippen molar-refractivity contribution in [3.8, 4) is 11.8 Å². The molecule has 3 aromatic carbocycles. The summed E-state index contributed by atoms with van der Waals surface area (Å²) >= 11 is 1.25. The fraction of sp³-hybridized carbons (Fsp3) is 0.148. The number of aromatic nitrogens is 4. The molecule has 0 radical (unpaired) electrons. The maximum atomic E-state index is 13.6. The highest BCUT2D eigenvalue weighted by atomic mass is 32.2. The smallest absolute Gasteiger partial charge is 0.267 e. The van der Waals surface area contributed by atoms with Crippen LogP contribution in [-0.2, 0) is 4.79 Å². The normalized spacial score (nSPS) is 11.9. The Morgan fingerprint density at radius 1 is 1.06 bits per heavy atom. The molecule has 0 fully saturated rings. The maximum absolute atomic E-state index is 13.6. The van der Waals surface area contributed by atoms with Crippen molar-refractivity contribution in [3.05, 3.63) is 93.8 Å². The molecule has 0 aliphatic heterocycles. The zero-order chi connectivity index (χ0) is 25.4. The summed E-state index contributed by atoms with van der Waals surface area (Å²) in [4.78, 5) is 26.5. The number of fused-ring (bicyclic) bond motifs is 3. The molecule has 0 aliphatic rings. The van der Waals surface area contributed by atoms with E-state index in [-0.39, 0.29) is 11.5 Å². The summed E-state index contributed by atoms with van der Waals surface area (Å²) in [5, 5.41) is 21.2. The van der Waals surface area contributed by atoms with Gasteiger partial charge in [-0.2, -0.15) is 5.26 Å². The molecule has 0 saturated carbocycles. The van der Waals surface area contributed by atoms with Gasteiger partial charge in [0, 0.05) is 5.69 Å². The molecule has 36 heavy (non-hydrogen) atoms. The number of rotatable bonds is 5. The van der Waals surface area contributed by atoms with E-state index in [2.05, 4.69) is 21.6 Å². The van der Waals surface area contributed by atoms with Gasteiger partial charge >= 0.3 is 0 Å². The number of nitrogens with zero attached hydrogens (tertiary/aromatic N) is 5. The number of para-hydroxylation sites is 1. The Morgan fingerprint density at radius 2 is 1.86 bits per heavy atom. The summed E-state index contributed by atoms with van der Waals surface area (Å²) in [5.41, 5.74) is 4.27. The minimum absolute atomic E-state index is 0.183. The Morgan fingerprint density at radius 3 is 2.64 bits per heavy atom. The summed E-state index contributed by atoms with van der Waals surface area (Å²) in [6, 6.07) is 22.0. The minimum Gasteiger partial charge on any atom is -0.325 e. The van der Waals surface area contributed by atoms with Gasteiger partial charge in [0.15, 0.2) is 5.16 Å². The number of hydrogen-bond donors (Lipinski definition) is 1. The monoisotopic (exact) mass is 494 g/mol. The number of carbonyl (C=O) groups excluding carboxylic acids is 1. The zero-order valence-corrected chi connectivity index (χ0v) is 20.7. The maximum Gasteiger partial charge on any atom is 0.267 e. The predicted molar refractivity (Wildman–Crippen MR) is 141 cm³/mol. The number of carbonyl (C=O) groups is 1. The Bertz CT molecular complexity index is 1750. The SMILES string of the molecule is Cc1ccc(-n2c(=O)c3ccccc3n3c(SC(C)C(=O)Nc4cccc(C#N)c4)nnc23)c(C)c1. The van der Waals surface area contributed by atoms with Gasteiger partial charge in [-0.05, 0) is 62.7 Å². The van der Waals surface area contributed by atoms with Crippen molar-refractivity contribution in [1.82, 2.24) is 19.2 Å². The van der Waals surface area contributed by atoms with E-state index in [4.69, 9.17) is 5.26 Å². The number of nitriles is 1. The van der Waals surface area contributed by atoms with E-state index >= 15 is 0 Å². The highest BCUT2D eigenvalue weighted by Crippen LogP contribution is 2.27. The number of nitrogens with one attached hydrogen (secondary N) is 1. The van der Waals surface area contributed by atoms with E-state index in [0.29, 0.717) is 33.1 Å². The van der Waals surface area contributed by atoms with Crippen LogP contribution < -0.4 is 10.9 Å². The van der Waals surface area contributed by atoms with Gasteiger partial charge in [0.25, 0.3) is 5.56 Å². The summed E-state index contributed by atoms with van der Waals surface area (Å²) in [6.07, 6.45) is 0. The van der Waals surface area contributed by atoms with E-state index < -0.39 is 5.25 Å². The quantitative estimate of drug-likeness (QED) is 0.357. The highest BCUT2D eigenvalue weighted by Gasteiger charge is 2.22. The molecule has 0 aliphatic carbocycles. The van der Waals surface area contributed by atoms with E-state index in [0.717, 1.165) is 16.8 Å². The lowest BCUT2D eigenvalue weighted by Crippen LogP contribution is -2.24. The second kappa shape index (κ2) is 9.32. The van der Waals surface area contributed by atoms with Crippen LogP contribution in [0.2, 0.25) is 0 Å². The van der Waals surface area contributed by atoms with E-state index in [1.54, 1.807) is 41.8 Å². The van der Waals surface area contributed by atoms with E-state index in [1.165, 1.54) is 11.8 Å². The average molecular weight is 495 g/mol. The number of anilines is 1. The second-order valence-electron chi connectivity index (χ2n) is 8.51. The Balaban J connectivity index is 1.59. The van der Waals surface area contributed by atoms with Gasteiger partial charge < -0.3 is 5.32 Å². The number of benzene rings is 3. The number of thioether (sulfide) groups is 1. The van der Waals surface area contributed by atoms with Crippen LogP contribution in [0.15, 0.2) is 76.7 Å². The molecule has 0 saturated heterocycles. The molecule has 1 N–H and O–H groups in total. The first kappa shape index (κ1) is 23.3. The summed E-state index contributed by atoms with van der Waals surface area (Å²) in [6.45, 7) is 5.74. The number of amides is 1. The van der Waals surface area contributed by atoms with Crippen molar-refractivity contribution in [2.24, 2.45) is 0 Å². The second-order valence-corrected chi connectivity index (χ2v) is 9.82. The summed E-state index contributed by atoms with van der Waals surface area (Å²) in [7, 11) is 0. The Labute approximate surface area is 211 Å². The molecule has 1 unspecified atom stereocenters. The van der Waals surface area contributed by atoms with E-state index in [9.17, 15) is 9.59 Å². The van der Waals surface area contributed by atoms with Crippen LogP contribution in [0.25, 0.3) is 22.4 Å². The molecule has 8 nitrogen and oxygen atoms in total. The lowest BCUT2D eigenvalue weighted by atomic mass is 10.1. The van der Waals surface area contributed by atoms with Gasteiger partial charge in [-0.15, -0.1) is 10.2 Å². The lowest BCUT2D eigenvalue weighted by Gasteiger charge is -2.15. The van der Waals surface area contributed by atoms with Crippen LogP contribution in [0.3, 0.4) is 0 Å². The molecule has 2 heterocycles. The molecule has 1 amide bonds. The first-order chi connectivity index (χ1) is 17.4. The van der Waals surface area contributed by atoms with Gasteiger partial charge in [0.2, 0.25) is 11.7 Å². The lowest BCUT2D eigenvalue weighted by molar-refractivity contribution is -0.115. The van der Waals surface area contributed by atoms with Gasteiger partial charge in [0.05, 0.1) is 33.5 Å². The molecule has 5 aromatic rings. The van der Waals surface area contributed by atoms with Crippen molar-refractivity contribution < 1.29 is 4.79 Å². The molecule has 9 heteroatoms. The molecule has 178 valence electrons. The molecular formula is C27H22N6O2S. The van der Waals surface area contributed by atoms with Gasteiger partial charge in [-0.1, -0.05) is 47.7 Å². The first-order valence-corrected chi connectivity index (χ1v) is 12.2. The third kappa shape index (κ3) is 4.12. The fourth-order valence-corrected chi connectivity index (χ4v) is 5.01. The van der Waals surface area contributed by atoms with Crippen LogP contribution in [0.4, 0.5) is 5.69 Å². The van der Waals surface area contributed by atoms with Crippen LogP contribution >= 0.6 is 11.8 Å². The third-order valence-electron chi connectivity index (χ3n) is 5.90. The van der Waals surface area contributed by atoms with Crippen molar-refractivity contribution in [3.63, 3.8) is 0 Å². The third-order valence-corrected chi connectivity index (χ3v) is 6.94. The van der Waals surface area contributed by atoms with Crippen LogP contribution in [-0.4, -0.2) is 30.3 Å². The Kier molecular flexibility index (Phi) is 6.04. The minimum atomic E-state index is -0.525. The number of hydrogen-bond acceptors (Lipinski definition) is 6.